The molecule has 1 aliphatic rings. The Kier molecular flexibility index (Phi) is 8.25. The first-order chi connectivity index (χ1) is 13.2. The number of ether oxygens (including phenoxy) is 1. The average molecular weight is 393 g/mol. The van der Waals surface area contributed by atoms with Gasteiger partial charge in [0.15, 0.2) is 5.96 Å². The first-order valence-corrected chi connectivity index (χ1v) is 10.2. The van der Waals surface area contributed by atoms with E-state index in [2.05, 4.69) is 41.3 Å². The number of nitrogens with one attached hydrogen (secondary N) is 2. The van der Waals surface area contributed by atoms with Crippen LogP contribution in [0.1, 0.15) is 45.2 Å². The molecule has 6 heteroatoms. The molecule has 0 aromatic heterocycles. The van der Waals surface area contributed by atoms with Gasteiger partial charge in [0.1, 0.15) is 5.82 Å². The topological polar surface area (TPSA) is 48.9 Å². The van der Waals surface area contributed by atoms with Crippen molar-refractivity contribution in [1.82, 2.24) is 15.5 Å². The van der Waals surface area contributed by atoms with E-state index < -0.39 is 0 Å². The molecule has 0 radical (unpaired) electrons. The highest BCUT2D eigenvalue weighted by molar-refractivity contribution is 5.79. The number of benzene rings is 1. The van der Waals surface area contributed by atoms with Crippen molar-refractivity contribution in [3.63, 3.8) is 0 Å². The lowest BCUT2D eigenvalue weighted by Crippen LogP contribution is -2.48. The van der Waals surface area contributed by atoms with E-state index in [0.717, 1.165) is 31.1 Å². The van der Waals surface area contributed by atoms with E-state index in [1.165, 1.54) is 18.6 Å². The van der Waals surface area contributed by atoms with Gasteiger partial charge >= 0.3 is 0 Å². The molecule has 0 aliphatic carbocycles. The summed E-state index contributed by atoms with van der Waals surface area (Å²) in [5.74, 6) is 1.04. The Balaban J connectivity index is 1.93. The highest BCUT2D eigenvalue weighted by atomic mass is 19.1. The smallest absolute Gasteiger partial charge is 0.191 e. The van der Waals surface area contributed by atoms with Crippen LogP contribution in [-0.4, -0.2) is 57.8 Å². The van der Waals surface area contributed by atoms with Crippen molar-refractivity contribution in [1.29, 1.82) is 0 Å². The molecular weight excluding hydrogens is 355 g/mol. The lowest BCUT2D eigenvalue weighted by atomic mass is 9.78. The third-order valence-electron chi connectivity index (χ3n) is 5.39. The molecule has 1 fully saturated rings. The van der Waals surface area contributed by atoms with Gasteiger partial charge < -0.3 is 20.3 Å². The number of aliphatic imine (C=N–C) groups is 1. The third kappa shape index (κ3) is 6.45. The highest BCUT2D eigenvalue weighted by Crippen LogP contribution is 2.33. The molecule has 1 aliphatic heterocycles. The van der Waals surface area contributed by atoms with Gasteiger partial charge in [-0.25, -0.2) is 4.39 Å². The van der Waals surface area contributed by atoms with Gasteiger partial charge in [-0.2, -0.15) is 0 Å². The van der Waals surface area contributed by atoms with E-state index in [4.69, 9.17) is 4.74 Å². The molecule has 0 saturated carbocycles. The lowest BCUT2D eigenvalue weighted by molar-refractivity contribution is -0.0835. The first-order valence-electron chi connectivity index (χ1n) is 10.2. The molecule has 1 heterocycles. The van der Waals surface area contributed by atoms with Crippen LogP contribution in [0.2, 0.25) is 0 Å². The Morgan fingerprint density at radius 2 is 1.93 bits per heavy atom. The van der Waals surface area contributed by atoms with Crippen LogP contribution in [0.3, 0.4) is 0 Å². The van der Waals surface area contributed by atoms with Crippen molar-refractivity contribution in [2.24, 2.45) is 16.3 Å². The summed E-state index contributed by atoms with van der Waals surface area (Å²) in [5.41, 5.74) is 1.20. The van der Waals surface area contributed by atoms with Crippen molar-refractivity contribution in [2.75, 3.05) is 40.8 Å². The summed E-state index contributed by atoms with van der Waals surface area (Å²) in [7, 11) is 5.84. The van der Waals surface area contributed by atoms with Gasteiger partial charge in [-0.05, 0) is 50.0 Å². The van der Waals surface area contributed by atoms with Gasteiger partial charge in [0.2, 0.25) is 0 Å². The standard InChI is InChI=1S/C22H37FN4O/c1-22(2,3)20-17(8-7-13-28-20)14-25-21(24-4)26-15-19(27(5)6)16-9-11-18(23)12-10-16/h9-12,17,19-20H,7-8,13-15H2,1-6H3,(H2,24,25,26). The summed E-state index contributed by atoms with van der Waals surface area (Å²) in [6.07, 6.45) is 2.53. The van der Waals surface area contributed by atoms with Crippen LogP contribution in [0, 0.1) is 17.2 Å². The summed E-state index contributed by atoms with van der Waals surface area (Å²) in [6.45, 7) is 9.11. The predicted molar refractivity (Wildman–Crippen MR) is 114 cm³/mol. The molecule has 0 bridgehead atoms. The highest BCUT2D eigenvalue weighted by Gasteiger charge is 2.35. The molecule has 5 nitrogen and oxygen atoms in total. The molecule has 1 aromatic rings. The summed E-state index contributed by atoms with van der Waals surface area (Å²) >= 11 is 0. The minimum absolute atomic E-state index is 0.125. The van der Waals surface area contributed by atoms with Crippen LogP contribution in [0.4, 0.5) is 4.39 Å². The fraction of sp³-hybridized carbons (Fsp3) is 0.682. The van der Waals surface area contributed by atoms with Crippen molar-refractivity contribution < 1.29 is 9.13 Å². The van der Waals surface area contributed by atoms with Crippen LogP contribution in [-0.2, 0) is 4.74 Å². The summed E-state index contributed by atoms with van der Waals surface area (Å²) < 4.78 is 19.3. The largest absolute Gasteiger partial charge is 0.377 e. The summed E-state index contributed by atoms with van der Waals surface area (Å²) in [5, 5.41) is 6.90. The molecule has 1 saturated heterocycles. The van der Waals surface area contributed by atoms with E-state index in [0.29, 0.717) is 12.5 Å². The van der Waals surface area contributed by atoms with E-state index in [1.54, 1.807) is 7.05 Å². The molecule has 158 valence electrons. The Labute approximate surface area is 169 Å². The Morgan fingerprint density at radius 3 is 2.50 bits per heavy atom. The number of rotatable bonds is 6. The predicted octanol–water partition coefficient (Wildman–Crippen LogP) is 3.43. The van der Waals surface area contributed by atoms with Crippen molar-refractivity contribution in [2.45, 2.75) is 45.8 Å². The van der Waals surface area contributed by atoms with Gasteiger partial charge in [0.05, 0.1) is 12.1 Å². The molecule has 28 heavy (non-hydrogen) atoms. The molecule has 3 unspecified atom stereocenters. The maximum Gasteiger partial charge on any atom is 0.191 e. The van der Waals surface area contributed by atoms with Gasteiger partial charge in [-0.1, -0.05) is 32.9 Å². The molecule has 1 aromatic carbocycles. The second-order valence-corrected chi connectivity index (χ2v) is 8.92. The number of guanidine groups is 1. The number of halogens is 1. The minimum Gasteiger partial charge on any atom is -0.377 e. The second kappa shape index (κ2) is 10.2. The minimum atomic E-state index is -0.213. The number of hydrogen-bond acceptors (Lipinski definition) is 3. The third-order valence-corrected chi connectivity index (χ3v) is 5.39. The lowest BCUT2D eigenvalue weighted by Gasteiger charge is -2.40. The maximum atomic E-state index is 13.2. The SMILES string of the molecule is CN=C(NCC1CCCOC1C(C)(C)C)NCC(c1ccc(F)cc1)N(C)C. The normalized spacial score (nSPS) is 22.2. The molecule has 0 spiro atoms. The monoisotopic (exact) mass is 392 g/mol. The molecule has 3 atom stereocenters. The zero-order valence-corrected chi connectivity index (χ0v) is 18.3. The van der Waals surface area contributed by atoms with Gasteiger partial charge in [0, 0.05) is 32.7 Å². The quantitative estimate of drug-likeness (QED) is 0.575. The van der Waals surface area contributed by atoms with Crippen LogP contribution in [0.15, 0.2) is 29.3 Å². The van der Waals surface area contributed by atoms with Crippen LogP contribution in [0.25, 0.3) is 0 Å². The zero-order chi connectivity index (χ0) is 20.7. The molecular formula is C22H37FN4O. The molecule has 2 N–H and O–H groups in total. The van der Waals surface area contributed by atoms with Crippen molar-refractivity contribution >= 4 is 5.96 Å². The van der Waals surface area contributed by atoms with Gasteiger partial charge in [-0.3, -0.25) is 4.99 Å². The van der Waals surface area contributed by atoms with E-state index in [9.17, 15) is 4.39 Å². The fourth-order valence-corrected chi connectivity index (χ4v) is 3.93. The van der Waals surface area contributed by atoms with Crippen LogP contribution < -0.4 is 10.6 Å². The van der Waals surface area contributed by atoms with E-state index in [-0.39, 0.29) is 23.4 Å². The Bertz CT molecular complexity index is 624. The molecule has 0 amide bonds. The summed E-state index contributed by atoms with van der Waals surface area (Å²) in [6, 6.07) is 6.82. The summed E-state index contributed by atoms with van der Waals surface area (Å²) in [4.78, 5) is 6.50. The number of hydrogen-bond donors (Lipinski definition) is 2. The van der Waals surface area contributed by atoms with Crippen molar-refractivity contribution in [3.05, 3.63) is 35.6 Å². The fourth-order valence-electron chi connectivity index (χ4n) is 3.93. The van der Waals surface area contributed by atoms with E-state index >= 15 is 0 Å². The molecule has 2 rings (SSSR count). The Hall–Kier alpha value is -1.66. The van der Waals surface area contributed by atoms with E-state index in [1.807, 2.05) is 26.2 Å². The first kappa shape index (κ1) is 22.6. The van der Waals surface area contributed by atoms with Crippen molar-refractivity contribution in [3.8, 4) is 0 Å². The van der Waals surface area contributed by atoms with Gasteiger partial charge in [-0.15, -0.1) is 0 Å². The zero-order valence-electron chi connectivity index (χ0n) is 18.3. The second-order valence-electron chi connectivity index (χ2n) is 8.92. The van der Waals surface area contributed by atoms with Crippen LogP contribution in [0.5, 0.6) is 0 Å². The number of likely N-dealkylation sites (N-methyl/N-ethyl adjacent to an activating group) is 1. The van der Waals surface area contributed by atoms with Crippen LogP contribution >= 0.6 is 0 Å². The maximum absolute atomic E-state index is 13.2. The van der Waals surface area contributed by atoms with Gasteiger partial charge in [0.25, 0.3) is 0 Å². The number of nitrogens with zero attached hydrogens (tertiary/aromatic N) is 2. The Morgan fingerprint density at radius 1 is 1.25 bits per heavy atom. The average Bonchev–Trinajstić information content (AvgIpc) is 2.65.